The molecule has 0 atom stereocenters. The third kappa shape index (κ3) is 7.51. The van der Waals surface area contributed by atoms with E-state index in [1.165, 1.54) is 13.0 Å². The SMILES string of the molecule is CCCN1CCC(NC(=NCCC(=O)N(CC)CC)NCC)CC1. The second-order valence-electron chi connectivity index (χ2n) is 6.34. The maximum absolute atomic E-state index is 12.0. The summed E-state index contributed by atoms with van der Waals surface area (Å²) in [5.41, 5.74) is 0. The molecule has 0 spiro atoms. The van der Waals surface area contributed by atoms with Crippen molar-refractivity contribution < 1.29 is 4.79 Å². The summed E-state index contributed by atoms with van der Waals surface area (Å²) >= 11 is 0. The average molecular weight is 340 g/mol. The summed E-state index contributed by atoms with van der Waals surface area (Å²) in [5.74, 6) is 1.03. The van der Waals surface area contributed by atoms with Gasteiger partial charge in [-0.25, -0.2) is 0 Å². The molecule has 2 N–H and O–H groups in total. The Morgan fingerprint density at radius 3 is 2.38 bits per heavy atom. The fourth-order valence-corrected chi connectivity index (χ4v) is 3.13. The van der Waals surface area contributed by atoms with Gasteiger partial charge in [-0.05, 0) is 46.6 Å². The number of hydrogen-bond donors (Lipinski definition) is 2. The van der Waals surface area contributed by atoms with E-state index >= 15 is 0 Å². The minimum atomic E-state index is 0.187. The molecule has 1 aliphatic rings. The Morgan fingerprint density at radius 2 is 1.83 bits per heavy atom. The predicted octanol–water partition coefficient (Wildman–Crippen LogP) is 1.67. The van der Waals surface area contributed by atoms with Gasteiger partial charge in [-0.3, -0.25) is 9.79 Å². The monoisotopic (exact) mass is 339 g/mol. The zero-order valence-corrected chi connectivity index (χ0v) is 16.1. The Labute approximate surface area is 148 Å². The number of carbonyl (C=O) groups excluding carboxylic acids is 1. The summed E-state index contributed by atoms with van der Waals surface area (Å²) in [7, 11) is 0. The number of likely N-dealkylation sites (tertiary alicyclic amines) is 1. The van der Waals surface area contributed by atoms with Crippen LogP contribution in [-0.2, 0) is 4.79 Å². The molecule has 1 rings (SSSR count). The number of aliphatic imine (C=N–C) groups is 1. The number of nitrogens with one attached hydrogen (secondary N) is 2. The number of nitrogens with zero attached hydrogens (tertiary/aromatic N) is 3. The molecule has 0 aromatic carbocycles. The van der Waals surface area contributed by atoms with Gasteiger partial charge in [-0.1, -0.05) is 6.92 Å². The lowest BCUT2D eigenvalue weighted by Crippen LogP contribution is -2.48. The minimum Gasteiger partial charge on any atom is -0.357 e. The van der Waals surface area contributed by atoms with E-state index in [2.05, 4.69) is 34.4 Å². The van der Waals surface area contributed by atoms with Gasteiger partial charge in [0, 0.05) is 45.2 Å². The first kappa shape index (κ1) is 20.7. The maximum atomic E-state index is 12.0. The van der Waals surface area contributed by atoms with Crippen LogP contribution < -0.4 is 10.6 Å². The molecule has 1 saturated heterocycles. The number of guanidine groups is 1. The largest absolute Gasteiger partial charge is 0.357 e. The van der Waals surface area contributed by atoms with Crippen molar-refractivity contribution in [3.63, 3.8) is 0 Å². The lowest BCUT2D eigenvalue weighted by atomic mass is 10.1. The highest BCUT2D eigenvalue weighted by Gasteiger charge is 2.19. The van der Waals surface area contributed by atoms with E-state index < -0.39 is 0 Å². The van der Waals surface area contributed by atoms with Gasteiger partial charge in [-0.15, -0.1) is 0 Å². The van der Waals surface area contributed by atoms with Gasteiger partial charge < -0.3 is 20.4 Å². The Morgan fingerprint density at radius 1 is 1.17 bits per heavy atom. The van der Waals surface area contributed by atoms with Crippen LogP contribution in [0.1, 0.15) is 53.4 Å². The minimum absolute atomic E-state index is 0.187. The summed E-state index contributed by atoms with van der Waals surface area (Å²) in [6, 6.07) is 0.481. The molecule has 0 aromatic rings. The Bertz CT molecular complexity index is 374. The highest BCUT2D eigenvalue weighted by Crippen LogP contribution is 2.10. The van der Waals surface area contributed by atoms with Crippen LogP contribution in [0.5, 0.6) is 0 Å². The molecule has 6 heteroatoms. The van der Waals surface area contributed by atoms with Gasteiger partial charge in [0.25, 0.3) is 0 Å². The average Bonchev–Trinajstić information content (AvgIpc) is 2.58. The van der Waals surface area contributed by atoms with E-state index in [0.717, 1.165) is 51.5 Å². The van der Waals surface area contributed by atoms with Crippen molar-refractivity contribution in [2.45, 2.75) is 59.4 Å². The molecular formula is C18H37N5O. The molecule has 140 valence electrons. The summed E-state index contributed by atoms with van der Waals surface area (Å²) < 4.78 is 0. The third-order valence-corrected chi connectivity index (χ3v) is 4.52. The van der Waals surface area contributed by atoms with Crippen molar-refractivity contribution in [2.24, 2.45) is 4.99 Å². The number of amides is 1. The zero-order chi connectivity index (χ0) is 17.8. The van der Waals surface area contributed by atoms with Gasteiger partial charge in [0.2, 0.25) is 5.91 Å². The van der Waals surface area contributed by atoms with E-state index in [1.807, 2.05) is 18.7 Å². The normalized spacial score (nSPS) is 16.9. The summed E-state index contributed by atoms with van der Waals surface area (Å²) in [6.45, 7) is 14.8. The van der Waals surface area contributed by atoms with Crippen LogP contribution in [0.15, 0.2) is 4.99 Å². The molecule has 0 radical (unpaired) electrons. The number of carbonyl (C=O) groups is 1. The van der Waals surface area contributed by atoms with Gasteiger partial charge >= 0.3 is 0 Å². The lowest BCUT2D eigenvalue weighted by molar-refractivity contribution is -0.130. The molecule has 1 heterocycles. The molecule has 0 unspecified atom stereocenters. The van der Waals surface area contributed by atoms with Crippen molar-refractivity contribution >= 4 is 11.9 Å². The summed E-state index contributed by atoms with van der Waals surface area (Å²) in [5, 5.41) is 6.84. The second kappa shape index (κ2) is 12.1. The Hall–Kier alpha value is -1.30. The van der Waals surface area contributed by atoms with E-state index in [4.69, 9.17) is 0 Å². The van der Waals surface area contributed by atoms with Crippen molar-refractivity contribution in [2.75, 3.05) is 45.8 Å². The van der Waals surface area contributed by atoms with Gasteiger partial charge in [0.1, 0.15) is 0 Å². The maximum Gasteiger partial charge on any atom is 0.224 e. The summed E-state index contributed by atoms with van der Waals surface area (Å²) in [4.78, 5) is 21.0. The molecule has 6 nitrogen and oxygen atoms in total. The van der Waals surface area contributed by atoms with Crippen LogP contribution in [0.4, 0.5) is 0 Å². The van der Waals surface area contributed by atoms with Crippen molar-refractivity contribution in [3.05, 3.63) is 0 Å². The van der Waals surface area contributed by atoms with Crippen LogP contribution in [0, 0.1) is 0 Å². The van der Waals surface area contributed by atoms with Crippen LogP contribution in [0.25, 0.3) is 0 Å². The molecule has 0 saturated carbocycles. The fourth-order valence-electron chi connectivity index (χ4n) is 3.13. The third-order valence-electron chi connectivity index (χ3n) is 4.52. The van der Waals surface area contributed by atoms with Crippen LogP contribution in [0.3, 0.4) is 0 Å². The first-order chi connectivity index (χ1) is 11.6. The Balaban J connectivity index is 2.41. The molecule has 0 bridgehead atoms. The predicted molar refractivity (Wildman–Crippen MR) is 101 cm³/mol. The first-order valence-corrected chi connectivity index (χ1v) is 9.69. The molecule has 1 fully saturated rings. The number of rotatable bonds is 9. The fraction of sp³-hybridized carbons (Fsp3) is 0.889. The van der Waals surface area contributed by atoms with Crippen molar-refractivity contribution in [1.29, 1.82) is 0 Å². The summed E-state index contributed by atoms with van der Waals surface area (Å²) in [6.07, 6.45) is 4.02. The van der Waals surface area contributed by atoms with Gasteiger partial charge in [-0.2, -0.15) is 0 Å². The molecule has 1 aliphatic heterocycles. The zero-order valence-electron chi connectivity index (χ0n) is 16.1. The highest BCUT2D eigenvalue weighted by atomic mass is 16.2. The van der Waals surface area contributed by atoms with Gasteiger partial charge in [0.15, 0.2) is 5.96 Å². The number of hydrogen-bond acceptors (Lipinski definition) is 3. The smallest absolute Gasteiger partial charge is 0.224 e. The topological polar surface area (TPSA) is 60.0 Å². The first-order valence-electron chi connectivity index (χ1n) is 9.69. The molecule has 0 aromatic heterocycles. The molecule has 0 aliphatic carbocycles. The quantitative estimate of drug-likeness (QED) is 0.496. The number of piperidine rings is 1. The van der Waals surface area contributed by atoms with E-state index in [1.54, 1.807) is 0 Å². The van der Waals surface area contributed by atoms with Crippen molar-refractivity contribution in [1.82, 2.24) is 20.4 Å². The standard InChI is InChI=1S/C18H37N5O/c1-5-13-22-14-10-16(11-15-22)21-18(19-6-2)20-12-9-17(24)23(7-3)8-4/h16H,5-15H2,1-4H3,(H2,19,20,21). The van der Waals surface area contributed by atoms with Gasteiger partial charge in [0.05, 0.1) is 6.54 Å². The van der Waals surface area contributed by atoms with Crippen LogP contribution >= 0.6 is 0 Å². The molecular weight excluding hydrogens is 302 g/mol. The molecule has 1 amide bonds. The second-order valence-corrected chi connectivity index (χ2v) is 6.34. The van der Waals surface area contributed by atoms with Crippen LogP contribution in [-0.4, -0.2) is 73.5 Å². The van der Waals surface area contributed by atoms with E-state index in [0.29, 0.717) is 19.0 Å². The van der Waals surface area contributed by atoms with Crippen LogP contribution in [0.2, 0.25) is 0 Å². The Kier molecular flexibility index (Phi) is 10.5. The van der Waals surface area contributed by atoms with E-state index in [-0.39, 0.29) is 5.91 Å². The van der Waals surface area contributed by atoms with E-state index in [9.17, 15) is 4.79 Å². The molecule has 24 heavy (non-hydrogen) atoms. The lowest BCUT2D eigenvalue weighted by Gasteiger charge is -2.32. The highest BCUT2D eigenvalue weighted by molar-refractivity contribution is 5.81. The van der Waals surface area contributed by atoms with Crippen molar-refractivity contribution in [3.8, 4) is 0 Å².